The number of piperidine rings is 1. The zero-order valence-corrected chi connectivity index (χ0v) is 13.1. The molecule has 2 unspecified atom stereocenters. The molecule has 4 rings (SSSR count). The Bertz CT molecular complexity index is 454. The minimum Gasteiger partial charge on any atom is -0.297 e. The molecule has 1 aromatic carbocycles. The fraction of sp³-hybridized carbons (Fsp3) is 0.684. The average Bonchev–Trinajstić information content (AvgIpc) is 2.51. The van der Waals surface area contributed by atoms with E-state index in [0.29, 0.717) is 6.04 Å². The Balaban J connectivity index is 1.54. The second kappa shape index (κ2) is 6.10. The number of nitrogens with zero attached hydrogens (tertiary/aromatic N) is 2. The molecule has 1 saturated carbocycles. The summed E-state index contributed by atoms with van der Waals surface area (Å²) in [5.41, 5.74) is 1.53. The Kier molecular flexibility index (Phi) is 4.00. The predicted octanol–water partition coefficient (Wildman–Crippen LogP) is 3.70. The van der Waals surface area contributed by atoms with Crippen LogP contribution in [0, 0.1) is 5.92 Å². The van der Waals surface area contributed by atoms with E-state index in [2.05, 4.69) is 40.1 Å². The zero-order chi connectivity index (χ0) is 14.1. The Morgan fingerprint density at radius 1 is 0.905 bits per heavy atom. The molecule has 0 N–H and O–H groups in total. The van der Waals surface area contributed by atoms with E-state index in [0.717, 1.165) is 12.0 Å². The lowest BCUT2D eigenvalue weighted by Crippen LogP contribution is -2.57. The molecule has 0 bridgehead atoms. The maximum atomic E-state index is 2.83. The normalized spacial score (nSPS) is 31.6. The first kappa shape index (κ1) is 13.8. The van der Waals surface area contributed by atoms with E-state index in [1.165, 1.54) is 70.3 Å². The first-order valence-corrected chi connectivity index (χ1v) is 8.93. The van der Waals surface area contributed by atoms with Gasteiger partial charge in [0.25, 0.3) is 0 Å². The number of fused-ring (bicyclic) bond motifs is 1. The summed E-state index contributed by atoms with van der Waals surface area (Å²) in [5.74, 6) is 0.978. The van der Waals surface area contributed by atoms with Crippen LogP contribution < -0.4 is 0 Å². The van der Waals surface area contributed by atoms with Gasteiger partial charge in [-0.15, -0.1) is 0 Å². The summed E-state index contributed by atoms with van der Waals surface area (Å²) < 4.78 is 0. The summed E-state index contributed by atoms with van der Waals surface area (Å²) in [7, 11) is 0. The van der Waals surface area contributed by atoms with Gasteiger partial charge >= 0.3 is 0 Å². The van der Waals surface area contributed by atoms with Gasteiger partial charge in [0, 0.05) is 31.7 Å². The van der Waals surface area contributed by atoms with Crippen LogP contribution in [-0.2, 0) is 0 Å². The Hall–Kier alpha value is -0.860. The largest absolute Gasteiger partial charge is 0.297 e. The molecule has 0 aromatic heterocycles. The van der Waals surface area contributed by atoms with E-state index in [4.69, 9.17) is 0 Å². The van der Waals surface area contributed by atoms with Crippen molar-refractivity contribution in [3.05, 3.63) is 35.9 Å². The van der Waals surface area contributed by atoms with Gasteiger partial charge in [0.15, 0.2) is 0 Å². The third kappa shape index (κ3) is 2.89. The van der Waals surface area contributed by atoms with E-state index >= 15 is 0 Å². The van der Waals surface area contributed by atoms with E-state index in [1.54, 1.807) is 0 Å². The van der Waals surface area contributed by atoms with Crippen LogP contribution in [0.4, 0.5) is 0 Å². The van der Waals surface area contributed by atoms with Crippen LogP contribution in [0.1, 0.15) is 50.1 Å². The maximum Gasteiger partial charge on any atom is 0.0476 e. The molecule has 2 saturated heterocycles. The Morgan fingerprint density at radius 2 is 1.76 bits per heavy atom. The topological polar surface area (TPSA) is 6.48 Å². The highest BCUT2D eigenvalue weighted by Crippen LogP contribution is 2.35. The molecule has 2 aliphatic heterocycles. The Labute approximate surface area is 129 Å². The molecular weight excluding hydrogens is 256 g/mol. The predicted molar refractivity (Wildman–Crippen MR) is 87.3 cm³/mol. The van der Waals surface area contributed by atoms with E-state index < -0.39 is 0 Å². The minimum absolute atomic E-state index is 0.626. The highest BCUT2D eigenvalue weighted by atomic mass is 15.3. The molecule has 0 radical (unpaired) electrons. The number of hydrogen-bond acceptors (Lipinski definition) is 2. The highest BCUT2D eigenvalue weighted by Gasteiger charge is 2.36. The molecule has 2 atom stereocenters. The van der Waals surface area contributed by atoms with Crippen LogP contribution in [0.2, 0.25) is 0 Å². The van der Waals surface area contributed by atoms with Crippen molar-refractivity contribution >= 4 is 0 Å². The van der Waals surface area contributed by atoms with Crippen LogP contribution in [0.5, 0.6) is 0 Å². The average molecular weight is 284 g/mol. The SMILES string of the molecule is c1ccc(C2CN3CCCCC3CN2CC2CCC2)cc1. The molecule has 2 heterocycles. The van der Waals surface area contributed by atoms with Crippen molar-refractivity contribution < 1.29 is 0 Å². The van der Waals surface area contributed by atoms with Crippen molar-refractivity contribution in [3.8, 4) is 0 Å². The zero-order valence-electron chi connectivity index (χ0n) is 13.1. The van der Waals surface area contributed by atoms with E-state index in [9.17, 15) is 0 Å². The molecule has 21 heavy (non-hydrogen) atoms. The molecule has 3 fully saturated rings. The summed E-state index contributed by atoms with van der Waals surface area (Å²) in [6.07, 6.45) is 8.65. The molecule has 114 valence electrons. The third-order valence-corrected chi connectivity index (χ3v) is 5.94. The minimum atomic E-state index is 0.626. The van der Waals surface area contributed by atoms with Crippen LogP contribution >= 0.6 is 0 Å². The summed E-state index contributed by atoms with van der Waals surface area (Å²) >= 11 is 0. The summed E-state index contributed by atoms with van der Waals surface area (Å²) in [5, 5.41) is 0. The van der Waals surface area contributed by atoms with Crippen molar-refractivity contribution in [1.29, 1.82) is 0 Å². The van der Waals surface area contributed by atoms with Crippen LogP contribution in [0.3, 0.4) is 0 Å². The van der Waals surface area contributed by atoms with E-state index in [-0.39, 0.29) is 0 Å². The van der Waals surface area contributed by atoms with Gasteiger partial charge < -0.3 is 0 Å². The maximum absolute atomic E-state index is 2.83. The van der Waals surface area contributed by atoms with Gasteiger partial charge in [0.1, 0.15) is 0 Å². The first-order chi connectivity index (χ1) is 10.4. The second-order valence-corrected chi connectivity index (χ2v) is 7.32. The second-order valence-electron chi connectivity index (χ2n) is 7.32. The number of piperazine rings is 1. The Morgan fingerprint density at radius 3 is 2.52 bits per heavy atom. The molecule has 1 aliphatic carbocycles. The smallest absolute Gasteiger partial charge is 0.0476 e. The monoisotopic (exact) mass is 284 g/mol. The van der Waals surface area contributed by atoms with Crippen LogP contribution in [-0.4, -0.2) is 42.0 Å². The van der Waals surface area contributed by atoms with Crippen LogP contribution in [0.25, 0.3) is 0 Å². The van der Waals surface area contributed by atoms with Crippen molar-refractivity contribution in [2.24, 2.45) is 5.92 Å². The molecule has 2 heteroatoms. The van der Waals surface area contributed by atoms with Crippen LogP contribution in [0.15, 0.2) is 30.3 Å². The molecule has 0 amide bonds. The molecule has 3 aliphatic rings. The van der Waals surface area contributed by atoms with Crippen molar-refractivity contribution in [2.75, 3.05) is 26.2 Å². The van der Waals surface area contributed by atoms with Crippen molar-refractivity contribution in [3.63, 3.8) is 0 Å². The van der Waals surface area contributed by atoms with Gasteiger partial charge in [-0.05, 0) is 43.7 Å². The fourth-order valence-electron chi connectivity index (χ4n) is 4.44. The van der Waals surface area contributed by atoms with Gasteiger partial charge in [-0.3, -0.25) is 9.80 Å². The van der Waals surface area contributed by atoms with Gasteiger partial charge in [-0.25, -0.2) is 0 Å². The molecule has 0 spiro atoms. The first-order valence-electron chi connectivity index (χ1n) is 8.93. The summed E-state index contributed by atoms with van der Waals surface area (Å²) in [4.78, 5) is 5.60. The lowest BCUT2D eigenvalue weighted by molar-refractivity contribution is -0.00605. The highest BCUT2D eigenvalue weighted by molar-refractivity contribution is 5.20. The fourth-order valence-corrected chi connectivity index (χ4v) is 4.44. The molecule has 2 nitrogen and oxygen atoms in total. The van der Waals surface area contributed by atoms with Gasteiger partial charge in [-0.2, -0.15) is 0 Å². The standard InChI is InChI=1S/C19H28N2/c1-2-9-17(10-3-1)19-15-20-12-5-4-11-18(20)14-21(19)13-16-7-6-8-16/h1-3,9-10,16,18-19H,4-8,11-15H2. The quantitative estimate of drug-likeness (QED) is 0.835. The van der Waals surface area contributed by atoms with Gasteiger partial charge in [-0.1, -0.05) is 43.2 Å². The lowest BCUT2D eigenvalue weighted by atomic mass is 9.83. The van der Waals surface area contributed by atoms with E-state index in [1.807, 2.05) is 0 Å². The molecule has 1 aromatic rings. The number of rotatable bonds is 3. The van der Waals surface area contributed by atoms with Gasteiger partial charge in [0.2, 0.25) is 0 Å². The third-order valence-electron chi connectivity index (χ3n) is 5.94. The molecular formula is C19H28N2. The summed E-state index contributed by atoms with van der Waals surface area (Å²) in [6, 6.07) is 12.7. The lowest BCUT2D eigenvalue weighted by Gasteiger charge is -2.50. The summed E-state index contributed by atoms with van der Waals surface area (Å²) in [6.45, 7) is 5.21. The van der Waals surface area contributed by atoms with Crippen molar-refractivity contribution in [1.82, 2.24) is 9.80 Å². The number of hydrogen-bond donors (Lipinski definition) is 0. The number of benzene rings is 1. The van der Waals surface area contributed by atoms with Gasteiger partial charge in [0.05, 0.1) is 0 Å². The van der Waals surface area contributed by atoms with Crippen molar-refractivity contribution in [2.45, 2.75) is 50.6 Å².